The number of pyridine rings is 1. The highest BCUT2D eigenvalue weighted by molar-refractivity contribution is 5.44. The number of hydrogen-bond acceptors (Lipinski definition) is 4. The fraction of sp³-hybridized carbons (Fsp3) is 0.308. The first-order valence-electron chi connectivity index (χ1n) is 5.84. The second-order valence-corrected chi connectivity index (χ2v) is 4.15. The van der Waals surface area contributed by atoms with Crippen LogP contribution in [0.25, 0.3) is 5.69 Å². The van der Waals surface area contributed by atoms with E-state index >= 15 is 0 Å². The molecule has 2 aromatic heterocycles. The highest BCUT2D eigenvalue weighted by atomic mass is 16.2. The highest BCUT2D eigenvalue weighted by Crippen LogP contribution is 2.10. The standard InChI is InChI=1S/C13H17N4O/c1-9-11(5-7-18)4-3-6-17(9)12-8-15-10(2)16-13(12)14/h3-4,6,8,18H,5,7H2,1-2H3,(H2,14,15,16)/q+1. The lowest BCUT2D eigenvalue weighted by molar-refractivity contribution is -0.602. The van der Waals surface area contributed by atoms with Crippen LogP contribution in [0.5, 0.6) is 0 Å². The number of nitrogens with zero attached hydrogens (tertiary/aromatic N) is 3. The Labute approximate surface area is 106 Å². The van der Waals surface area contributed by atoms with Crippen LogP contribution >= 0.6 is 0 Å². The summed E-state index contributed by atoms with van der Waals surface area (Å²) >= 11 is 0. The van der Waals surface area contributed by atoms with Crippen molar-refractivity contribution in [2.45, 2.75) is 20.3 Å². The van der Waals surface area contributed by atoms with E-state index in [0.29, 0.717) is 18.1 Å². The molecule has 3 N–H and O–H groups in total. The van der Waals surface area contributed by atoms with Gasteiger partial charge in [0.15, 0.2) is 11.9 Å². The molecule has 0 unspecified atom stereocenters. The summed E-state index contributed by atoms with van der Waals surface area (Å²) in [5.74, 6) is 1.11. The number of nitrogens with two attached hydrogens (primary N) is 1. The van der Waals surface area contributed by atoms with E-state index in [0.717, 1.165) is 16.9 Å². The minimum Gasteiger partial charge on any atom is -0.396 e. The second-order valence-electron chi connectivity index (χ2n) is 4.15. The van der Waals surface area contributed by atoms with Gasteiger partial charge in [-0.15, -0.1) is 0 Å². The molecule has 0 fully saturated rings. The van der Waals surface area contributed by atoms with E-state index in [2.05, 4.69) is 9.97 Å². The largest absolute Gasteiger partial charge is 0.396 e. The normalized spacial score (nSPS) is 10.6. The topological polar surface area (TPSA) is 75.9 Å². The molecule has 2 aromatic rings. The van der Waals surface area contributed by atoms with E-state index in [1.54, 1.807) is 13.1 Å². The van der Waals surface area contributed by atoms with Gasteiger partial charge >= 0.3 is 0 Å². The summed E-state index contributed by atoms with van der Waals surface area (Å²) in [7, 11) is 0. The van der Waals surface area contributed by atoms with Crippen molar-refractivity contribution in [1.29, 1.82) is 0 Å². The Morgan fingerprint density at radius 2 is 2.17 bits per heavy atom. The first kappa shape index (κ1) is 12.4. The molecule has 0 aliphatic heterocycles. The number of anilines is 1. The molecule has 0 bridgehead atoms. The molecule has 0 aliphatic carbocycles. The Morgan fingerprint density at radius 1 is 1.39 bits per heavy atom. The van der Waals surface area contributed by atoms with Crippen LogP contribution in [-0.2, 0) is 6.42 Å². The van der Waals surface area contributed by atoms with Crippen LogP contribution in [0, 0.1) is 13.8 Å². The fourth-order valence-electron chi connectivity index (χ4n) is 1.94. The lowest BCUT2D eigenvalue weighted by atomic mass is 10.1. The predicted molar refractivity (Wildman–Crippen MR) is 68.2 cm³/mol. The number of hydrogen-bond donors (Lipinski definition) is 2. The number of aliphatic hydroxyl groups is 1. The summed E-state index contributed by atoms with van der Waals surface area (Å²) in [5.41, 5.74) is 8.80. The molecule has 0 aliphatic rings. The zero-order valence-corrected chi connectivity index (χ0v) is 10.6. The number of rotatable bonds is 3. The van der Waals surface area contributed by atoms with Crippen molar-refractivity contribution in [3.8, 4) is 5.69 Å². The summed E-state index contributed by atoms with van der Waals surface area (Å²) in [6.45, 7) is 3.93. The lowest BCUT2D eigenvalue weighted by Crippen LogP contribution is -2.36. The quantitative estimate of drug-likeness (QED) is 0.771. The summed E-state index contributed by atoms with van der Waals surface area (Å²) in [6.07, 6.45) is 4.26. The monoisotopic (exact) mass is 245 g/mol. The molecule has 0 saturated heterocycles. The maximum absolute atomic E-state index is 9.04. The fourth-order valence-corrected chi connectivity index (χ4v) is 1.94. The van der Waals surface area contributed by atoms with E-state index < -0.39 is 0 Å². The maximum atomic E-state index is 9.04. The van der Waals surface area contributed by atoms with Crippen LogP contribution < -0.4 is 10.3 Å². The third kappa shape index (κ3) is 2.31. The third-order valence-corrected chi connectivity index (χ3v) is 2.92. The molecular formula is C13H17N4O+. The van der Waals surface area contributed by atoms with Gasteiger partial charge in [-0.2, -0.15) is 4.57 Å². The Kier molecular flexibility index (Phi) is 3.53. The molecule has 5 nitrogen and oxygen atoms in total. The number of aryl methyl sites for hydroxylation is 1. The Bertz CT molecular complexity index is 569. The van der Waals surface area contributed by atoms with Crippen LogP contribution in [0.3, 0.4) is 0 Å². The summed E-state index contributed by atoms with van der Waals surface area (Å²) in [4.78, 5) is 8.33. The Morgan fingerprint density at radius 3 is 2.83 bits per heavy atom. The van der Waals surface area contributed by atoms with Crippen molar-refractivity contribution >= 4 is 5.82 Å². The van der Waals surface area contributed by atoms with Crippen molar-refractivity contribution in [3.63, 3.8) is 0 Å². The first-order chi connectivity index (χ1) is 8.63. The van der Waals surface area contributed by atoms with Crippen LogP contribution in [0.4, 0.5) is 5.82 Å². The maximum Gasteiger partial charge on any atom is 0.271 e. The molecule has 94 valence electrons. The van der Waals surface area contributed by atoms with Crippen molar-refractivity contribution in [2.75, 3.05) is 12.3 Å². The van der Waals surface area contributed by atoms with Gasteiger partial charge in [0.05, 0.1) is 0 Å². The zero-order valence-electron chi connectivity index (χ0n) is 10.6. The van der Waals surface area contributed by atoms with Gasteiger partial charge in [-0.25, -0.2) is 9.97 Å². The average Bonchev–Trinajstić information content (AvgIpc) is 2.33. The van der Waals surface area contributed by atoms with Gasteiger partial charge in [-0.05, 0) is 13.0 Å². The summed E-state index contributed by atoms with van der Waals surface area (Å²) < 4.78 is 1.94. The first-order valence-corrected chi connectivity index (χ1v) is 5.84. The Balaban J connectivity index is 2.53. The van der Waals surface area contributed by atoms with Gasteiger partial charge in [0, 0.05) is 31.6 Å². The van der Waals surface area contributed by atoms with E-state index in [-0.39, 0.29) is 6.61 Å². The molecule has 2 heterocycles. The Hall–Kier alpha value is -2.01. The van der Waals surface area contributed by atoms with E-state index in [4.69, 9.17) is 10.8 Å². The molecule has 5 heteroatoms. The van der Waals surface area contributed by atoms with E-state index in [9.17, 15) is 0 Å². The van der Waals surface area contributed by atoms with Crippen molar-refractivity contribution in [3.05, 3.63) is 41.6 Å². The number of aromatic nitrogens is 3. The predicted octanol–water partition coefficient (Wildman–Crippen LogP) is 0.487. The smallest absolute Gasteiger partial charge is 0.271 e. The number of nitrogen functional groups attached to an aromatic ring is 1. The van der Waals surface area contributed by atoms with E-state index in [1.807, 2.05) is 29.8 Å². The van der Waals surface area contributed by atoms with Gasteiger partial charge in [-0.1, -0.05) is 0 Å². The van der Waals surface area contributed by atoms with Gasteiger partial charge in [0.1, 0.15) is 12.0 Å². The minimum absolute atomic E-state index is 0.130. The van der Waals surface area contributed by atoms with E-state index in [1.165, 1.54) is 0 Å². The second kappa shape index (κ2) is 5.10. The molecule has 2 rings (SSSR count). The summed E-state index contributed by atoms with van der Waals surface area (Å²) in [5, 5.41) is 9.04. The van der Waals surface area contributed by atoms with Gasteiger partial charge in [0.25, 0.3) is 5.69 Å². The molecular weight excluding hydrogens is 228 g/mol. The minimum atomic E-state index is 0.130. The van der Waals surface area contributed by atoms with Gasteiger partial charge in [0.2, 0.25) is 5.82 Å². The average molecular weight is 245 g/mol. The number of aliphatic hydroxyl groups excluding tert-OH is 1. The molecule has 0 spiro atoms. The van der Waals surface area contributed by atoms with Crippen LogP contribution in [0.1, 0.15) is 17.1 Å². The van der Waals surface area contributed by atoms with Gasteiger partial charge < -0.3 is 10.8 Å². The molecule has 18 heavy (non-hydrogen) atoms. The van der Waals surface area contributed by atoms with Crippen LogP contribution in [0.2, 0.25) is 0 Å². The highest BCUT2D eigenvalue weighted by Gasteiger charge is 2.18. The summed E-state index contributed by atoms with van der Waals surface area (Å²) in [6, 6.07) is 3.92. The van der Waals surface area contributed by atoms with Crippen molar-refractivity contribution < 1.29 is 9.67 Å². The van der Waals surface area contributed by atoms with Crippen LogP contribution in [0.15, 0.2) is 24.5 Å². The molecule has 0 amide bonds. The molecule has 0 radical (unpaired) electrons. The van der Waals surface area contributed by atoms with Crippen molar-refractivity contribution in [1.82, 2.24) is 9.97 Å². The third-order valence-electron chi connectivity index (χ3n) is 2.92. The zero-order chi connectivity index (χ0) is 13.1. The lowest BCUT2D eigenvalue weighted by Gasteiger charge is -2.05. The molecule has 0 atom stereocenters. The SMILES string of the molecule is Cc1ncc(-[n+]2cccc(CCO)c2C)c(N)n1. The van der Waals surface area contributed by atoms with Crippen molar-refractivity contribution in [2.24, 2.45) is 0 Å². The molecule has 0 saturated carbocycles. The van der Waals surface area contributed by atoms with Gasteiger partial charge in [-0.3, -0.25) is 0 Å². The molecule has 0 aromatic carbocycles. The van der Waals surface area contributed by atoms with Crippen LogP contribution in [-0.4, -0.2) is 21.7 Å².